The van der Waals surface area contributed by atoms with Gasteiger partial charge in [0.15, 0.2) is 0 Å². The molecule has 0 spiro atoms. The molecule has 2 aliphatic carbocycles. The van der Waals surface area contributed by atoms with Crippen molar-refractivity contribution in [1.29, 1.82) is 0 Å². The third-order valence-electron chi connectivity index (χ3n) is 4.80. The Morgan fingerprint density at radius 3 is 2.50 bits per heavy atom. The van der Waals surface area contributed by atoms with Gasteiger partial charge in [-0.25, -0.2) is 0 Å². The maximum absolute atomic E-state index is 6.45. The molecule has 0 radical (unpaired) electrons. The molecule has 0 aliphatic heterocycles. The van der Waals surface area contributed by atoms with Gasteiger partial charge in [0.1, 0.15) is 0 Å². The number of rotatable bonds is 3. The highest BCUT2D eigenvalue weighted by molar-refractivity contribution is 5.01. The lowest BCUT2D eigenvalue weighted by Crippen LogP contribution is -2.42. The zero-order chi connectivity index (χ0) is 10.2. The maximum atomic E-state index is 6.45. The van der Waals surface area contributed by atoms with Gasteiger partial charge in [-0.15, -0.1) is 0 Å². The maximum Gasteiger partial charge on any atom is 0.0124 e. The Bertz CT molecular complexity index is 195. The van der Waals surface area contributed by atoms with Crippen LogP contribution in [0.25, 0.3) is 0 Å². The molecule has 0 saturated heterocycles. The van der Waals surface area contributed by atoms with Crippen molar-refractivity contribution in [2.45, 2.75) is 64.8 Å². The third kappa shape index (κ3) is 1.84. The second-order valence-corrected chi connectivity index (χ2v) is 5.80. The summed E-state index contributed by atoms with van der Waals surface area (Å²) in [7, 11) is 0. The molecule has 0 aromatic carbocycles. The first-order valence-electron chi connectivity index (χ1n) is 6.43. The fourth-order valence-electron chi connectivity index (χ4n) is 3.26. The summed E-state index contributed by atoms with van der Waals surface area (Å²) >= 11 is 0. The fourth-order valence-corrected chi connectivity index (χ4v) is 3.26. The van der Waals surface area contributed by atoms with Crippen LogP contribution < -0.4 is 5.73 Å². The van der Waals surface area contributed by atoms with Gasteiger partial charge >= 0.3 is 0 Å². The lowest BCUT2D eigenvalue weighted by Gasteiger charge is -2.38. The average molecular weight is 195 g/mol. The van der Waals surface area contributed by atoms with E-state index in [1.54, 1.807) is 0 Å². The van der Waals surface area contributed by atoms with Gasteiger partial charge in [0, 0.05) is 6.04 Å². The molecule has 0 amide bonds. The molecule has 2 saturated carbocycles. The summed E-state index contributed by atoms with van der Waals surface area (Å²) in [6.45, 7) is 4.73. The van der Waals surface area contributed by atoms with Crippen molar-refractivity contribution in [2.24, 2.45) is 23.0 Å². The summed E-state index contributed by atoms with van der Waals surface area (Å²) in [4.78, 5) is 0. The van der Waals surface area contributed by atoms with Crippen LogP contribution in [-0.2, 0) is 0 Å². The van der Waals surface area contributed by atoms with Gasteiger partial charge in [-0.1, -0.05) is 39.5 Å². The Kier molecular flexibility index (Phi) is 2.88. The van der Waals surface area contributed by atoms with Crippen LogP contribution in [0.3, 0.4) is 0 Å². The minimum absolute atomic E-state index is 0.493. The van der Waals surface area contributed by atoms with Crippen molar-refractivity contribution in [1.82, 2.24) is 0 Å². The molecule has 2 rings (SSSR count). The van der Waals surface area contributed by atoms with Gasteiger partial charge in [0.25, 0.3) is 0 Å². The molecule has 2 N–H and O–H groups in total. The van der Waals surface area contributed by atoms with Crippen LogP contribution in [-0.4, -0.2) is 6.04 Å². The molecule has 0 aromatic heterocycles. The largest absolute Gasteiger partial charge is 0.327 e. The Labute approximate surface area is 88.4 Å². The van der Waals surface area contributed by atoms with Crippen molar-refractivity contribution in [3.63, 3.8) is 0 Å². The van der Waals surface area contributed by atoms with Gasteiger partial charge < -0.3 is 5.73 Å². The van der Waals surface area contributed by atoms with Crippen molar-refractivity contribution < 1.29 is 0 Å². The summed E-state index contributed by atoms with van der Waals surface area (Å²) in [6.07, 6.45) is 9.79. The Morgan fingerprint density at radius 1 is 1.29 bits per heavy atom. The topological polar surface area (TPSA) is 26.0 Å². The first-order valence-corrected chi connectivity index (χ1v) is 6.43. The molecule has 0 bridgehead atoms. The molecule has 3 atom stereocenters. The highest BCUT2D eigenvalue weighted by Crippen LogP contribution is 2.52. The molecule has 1 nitrogen and oxygen atoms in total. The lowest BCUT2D eigenvalue weighted by molar-refractivity contribution is 0.158. The van der Waals surface area contributed by atoms with Gasteiger partial charge in [-0.2, -0.15) is 0 Å². The molecular formula is C13H25N. The standard InChI is InChI=1S/C13H25N/c1-3-10-6-4-5-7-11(10)12(14)13(2)8-9-13/h10-12H,3-9,14H2,1-2H3. The van der Waals surface area contributed by atoms with Gasteiger partial charge in [-0.05, 0) is 36.5 Å². The van der Waals surface area contributed by atoms with Crippen LogP contribution in [0.5, 0.6) is 0 Å². The summed E-state index contributed by atoms with van der Waals surface area (Å²) in [6, 6.07) is 0.493. The van der Waals surface area contributed by atoms with Crippen molar-refractivity contribution >= 4 is 0 Å². The summed E-state index contributed by atoms with van der Waals surface area (Å²) < 4.78 is 0. The SMILES string of the molecule is CCC1CCCCC1C(N)C1(C)CC1. The van der Waals surface area contributed by atoms with Crippen LogP contribution in [0.4, 0.5) is 0 Å². The van der Waals surface area contributed by atoms with Crippen LogP contribution in [0.2, 0.25) is 0 Å². The van der Waals surface area contributed by atoms with Gasteiger partial charge in [-0.3, -0.25) is 0 Å². The van der Waals surface area contributed by atoms with E-state index in [0.717, 1.165) is 11.8 Å². The smallest absolute Gasteiger partial charge is 0.0124 e. The van der Waals surface area contributed by atoms with E-state index in [9.17, 15) is 0 Å². The van der Waals surface area contributed by atoms with E-state index in [4.69, 9.17) is 5.73 Å². The second kappa shape index (κ2) is 3.84. The minimum Gasteiger partial charge on any atom is -0.327 e. The summed E-state index contributed by atoms with van der Waals surface area (Å²) in [5.74, 6) is 1.76. The zero-order valence-corrected chi connectivity index (χ0v) is 9.76. The summed E-state index contributed by atoms with van der Waals surface area (Å²) in [5.41, 5.74) is 6.98. The van der Waals surface area contributed by atoms with Crippen molar-refractivity contribution in [3.8, 4) is 0 Å². The van der Waals surface area contributed by atoms with Gasteiger partial charge in [0.2, 0.25) is 0 Å². The Morgan fingerprint density at radius 2 is 1.93 bits per heavy atom. The van der Waals surface area contributed by atoms with E-state index >= 15 is 0 Å². The zero-order valence-electron chi connectivity index (χ0n) is 9.76. The third-order valence-corrected chi connectivity index (χ3v) is 4.80. The van der Waals surface area contributed by atoms with E-state index in [-0.39, 0.29) is 0 Å². The van der Waals surface area contributed by atoms with Crippen LogP contribution >= 0.6 is 0 Å². The molecular weight excluding hydrogens is 170 g/mol. The predicted octanol–water partition coefficient (Wildman–Crippen LogP) is 3.33. The molecule has 0 heterocycles. The number of nitrogens with two attached hydrogens (primary N) is 1. The average Bonchev–Trinajstić information content (AvgIpc) is 2.97. The van der Waals surface area contributed by atoms with E-state index in [1.807, 2.05) is 0 Å². The summed E-state index contributed by atoms with van der Waals surface area (Å²) in [5, 5.41) is 0. The van der Waals surface area contributed by atoms with E-state index in [1.165, 1.54) is 44.9 Å². The molecule has 2 fully saturated rings. The van der Waals surface area contributed by atoms with Crippen molar-refractivity contribution in [3.05, 3.63) is 0 Å². The van der Waals surface area contributed by atoms with Crippen LogP contribution in [0.15, 0.2) is 0 Å². The number of hydrogen-bond donors (Lipinski definition) is 1. The van der Waals surface area contributed by atoms with Crippen molar-refractivity contribution in [2.75, 3.05) is 0 Å². The van der Waals surface area contributed by atoms with Gasteiger partial charge in [0.05, 0.1) is 0 Å². The van der Waals surface area contributed by atoms with E-state index in [0.29, 0.717) is 11.5 Å². The predicted molar refractivity (Wildman–Crippen MR) is 61.1 cm³/mol. The molecule has 1 heteroatoms. The van der Waals surface area contributed by atoms with E-state index < -0.39 is 0 Å². The van der Waals surface area contributed by atoms with Crippen LogP contribution in [0, 0.1) is 17.3 Å². The normalized spacial score (nSPS) is 37.9. The monoisotopic (exact) mass is 195 g/mol. The first kappa shape index (κ1) is 10.5. The highest BCUT2D eigenvalue weighted by atomic mass is 14.8. The highest BCUT2D eigenvalue weighted by Gasteiger charge is 2.47. The van der Waals surface area contributed by atoms with E-state index in [2.05, 4.69) is 13.8 Å². The van der Waals surface area contributed by atoms with Crippen LogP contribution in [0.1, 0.15) is 58.8 Å². The molecule has 82 valence electrons. The quantitative estimate of drug-likeness (QED) is 0.734. The lowest BCUT2D eigenvalue weighted by atomic mass is 9.70. The molecule has 2 aliphatic rings. The minimum atomic E-state index is 0.493. The molecule has 3 unspecified atom stereocenters. The first-order chi connectivity index (χ1) is 6.67. The Hall–Kier alpha value is -0.0400. The number of hydrogen-bond acceptors (Lipinski definition) is 1. The fraction of sp³-hybridized carbons (Fsp3) is 1.00. The second-order valence-electron chi connectivity index (χ2n) is 5.80. The molecule has 14 heavy (non-hydrogen) atoms. The molecule has 0 aromatic rings. The Balaban J connectivity index is 1.99.